The van der Waals surface area contributed by atoms with Gasteiger partial charge in [-0.05, 0) is 12.1 Å². The minimum Gasteiger partial charge on any atom is -0.496 e. The molecule has 3 N–H and O–H groups in total. The first-order valence-electron chi connectivity index (χ1n) is 5.19. The van der Waals surface area contributed by atoms with Crippen LogP contribution in [0.2, 0.25) is 0 Å². The summed E-state index contributed by atoms with van der Waals surface area (Å²) < 4.78 is 18.9. The van der Waals surface area contributed by atoms with Gasteiger partial charge >= 0.3 is 5.97 Å². The van der Waals surface area contributed by atoms with Crippen LogP contribution >= 0.6 is 0 Å². The molecule has 1 unspecified atom stereocenters. The fourth-order valence-corrected chi connectivity index (χ4v) is 1.86. The normalized spacial score (nSPS) is 14.1. The minimum absolute atomic E-state index is 0.0244. The van der Waals surface area contributed by atoms with E-state index in [0.29, 0.717) is 5.75 Å². The van der Waals surface area contributed by atoms with Crippen molar-refractivity contribution >= 4 is 5.97 Å². The molecule has 17 heavy (non-hydrogen) atoms. The summed E-state index contributed by atoms with van der Waals surface area (Å²) >= 11 is 0. The Hall–Kier alpha value is -1.62. The molecule has 5 heteroatoms. The van der Waals surface area contributed by atoms with Gasteiger partial charge in [0.25, 0.3) is 0 Å². The van der Waals surface area contributed by atoms with Gasteiger partial charge in [0.2, 0.25) is 0 Å². The first-order valence-corrected chi connectivity index (χ1v) is 5.19. The van der Waals surface area contributed by atoms with Gasteiger partial charge < -0.3 is 15.6 Å². The molecule has 1 rings (SSSR count). The molecule has 0 spiro atoms. The molecule has 1 atom stereocenters. The quantitative estimate of drug-likeness (QED) is 0.819. The van der Waals surface area contributed by atoms with E-state index < -0.39 is 17.2 Å². The Morgan fingerprint density at radius 1 is 1.59 bits per heavy atom. The van der Waals surface area contributed by atoms with Crippen molar-refractivity contribution in [3.8, 4) is 5.75 Å². The Morgan fingerprint density at radius 3 is 2.71 bits per heavy atom. The second-order valence-electron chi connectivity index (χ2n) is 4.15. The number of halogens is 1. The number of hydrogen-bond donors (Lipinski definition) is 2. The van der Waals surface area contributed by atoms with Crippen LogP contribution in [-0.2, 0) is 10.2 Å². The monoisotopic (exact) mass is 241 g/mol. The summed E-state index contributed by atoms with van der Waals surface area (Å²) in [6, 6.07) is 4.37. The van der Waals surface area contributed by atoms with Crippen molar-refractivity contribution in [2.24, 2.45) is 5.73 Å². The average Bonchev–Trinajstić information content (AvgIpc) is 2.27. The van der Waals surface area contributed by atoms with Crippen LogP contribution in [0.25, 0.3) is 0 Å². The molecule has 0 amide bonds. The summed E-state index contributed by atoms with van der Waals surface area (Å²) in [7, 11) is 1.41. The van der Waals surface area contributed by atoms with Gasteiger partial charge in [0, 0.05) is 17.5 Å². The second kappa shape index (κ2) is 5.14. The van der Waals surface area contributed by atoms with Crippen LogP contribution < -0.4 is 10.5 Å². The third-order valence-corrected chi connectivity index (χ3v) is 2.79. The molecule has 4 nitrogen and oxygen atoms in total. The molecule has 0 aliphatic carbocycles. The fraction of sp³-hybridized carbons (Fsp3) is 0.417. The predicted octanol–water partition coefficient (Wildman–Crippen LogP) is 1.53. The highest BCUT2D eigenvalue weighted by Crippen LogP contribution is 2.35. The van der Waals surface area contributed by atoms with E-state index in [2.05, 4.69) is 0 Å². The van der Waals surface area contributed by atoms with Gasteiger partial charge in [-0.3, -0.25) is 4.79 Å². The summed E-state index contributed by atoms with van der Waals surface area (Å²) in [5.41, 5.74) is 4.83. The number of nitrogens with two attached hydrogens (primary N) is 1. The van der Waals surface area contributed by atoms with Crippen molar-refractivity contribution in [1.29, 1.82) is 0 Å². The van der Waals surface area contributed by atoms with Gasteiger partial charge in [0.1, 0.15) is 11.6 Å². The molecule has 0 bridgehead atoms. The van der Waals surface area contributed by atoms with Gasteiger partial charge in [-0.25, -0.2) is 4.39 Å². The maximum atomic E-state index is 13.8. The molecule has 0 aliphatic heterocycles. The Kier molecular flexibility index (Phi) is 4.07. The summed E-state index contributed by atoms with van der Waals surface area (Å²) in [4.78, 5) is 10.8. The Balaban J connectivity index is 3.32. The first-order chi connectivity index (χ1) is 7.94. The van der Waals surface area contributed by atoms with E-state index in [1.54, 1.807) is 13.0 Å². The number of ether oxygens (including phenoxy) is 1. The molecule has 0 saturated carbocycles. The molecular weight excluding hydrogens is 225 g/mol. The van der Waals surface area contributed by atoms with Crippen molar-refractivity contribution in [3.05, 3.63) is 29.6 Å². The molecule has 0 heterocycles. The number of carbonyl (C=O) groups is 1. The lowest BCUT2D eigenvalue weighted by Gasteiger charge is -2.28. The van der Waals surface area contributed by atoms with E-state index in [0.717, 1.165) is 0 Å². The Morgan fingerprint density at radius 2 is 2.24 bits per heavy atom. The third kappa shape index (κ3) is 2.74. The molecule has 94 valence electrons. The third-order valence-electron chi connectivity index (χ3n) is 2.79. The standard InChI is InChI=1S/C12H16FNO3/c1-12(7-14,6-10(15)16)11-8(13)4-3-5-9(11)17-2/h3-5H,6-7,14H2,1-2H3,(H,15,16). The number of aliphatic carboxylic acids is 1. The molecule has 1 aromatic rings. The van der Waals surface area contributed by atoms with Crippen molar-refractivity contribution in [3.63, 3.8) is 0 Å². The van der Waals surface area contributed by atoms with Gasteiger partial charge in [-0.1, -0.05) is 13.0 Å². The zero-order chi connectivity index (χ0) is 13.1. The van der Waals surface area contributed by atoms with Crippen molar-refractivity contribution < 1.29 is 19.0 Å². The van der Waals surface area contributed by atoms with Crippen LogP contribution in [0.5, 0.6) is 5.75 Å². The van der Waals surface area contributed by atoms with Crippen molar-refractivity contribution in [2.45, 2.75) is 18.8 Å². The van der Waals surface area contributed by atoms with Gasteiger partial charge in [-0.15, -0.1) is 0 Å². The number of carboxylic acids is 1. The lowest BCUT2D eigenvalue weighted by molar-refractivity contribution is -0.138. The van der Waals surface area contributed by atoms with E-state index in [1.807, 2.05) is 0 Å². The molecular formula is C12H16FNO3. The van der Waals surface area contributed by atoms with Crippen LogP contribution in [0.3, 0.4) is 0 Å². The molecule has 0 fully saturated rings. The highest BCUT2D eigenvalue weighted by atomic mass is 19.1. The summed E-state index contributed by atoms with van der Waals surface area (Å²) in [6.07, 6.45) is -0.249. The number of benzene rings is 1. The summed E-state index contributed by atoms with van der Waals surface area (Å²) in [6.45, 7) is 1.64. The van der Waals surface area contributed by atoms with E-state index >= 15 is 0 Å². The van der Waals surface area contributed by atoms with E-state index in [4.69, 9.17) is 15.6 Å². The zero-order valence-electron chi connectivity index (χ0n) is 9.87. The Bertz CT molecular complexity index is 422. The first kappa shape index (κ1) is 13.4. The average molecular weight is 241 g/mol. The Labute approximate surface area is 99.2 Å². The topological polar surface area (TPSA) is 72.5 Å². The van der Waals surface area contributed by atoms with E-state index in [9.17, 15) is 9.18 Å². The maximum Gasteiger partial charge on any atom is 0.304 e. The summed E-state index contributed by atoms with van der Waals surface area (Å²) in [5.74, 6) is -1.21. The number of carboxylic acid groups (broad SMARTS) is 1. The summed E-state index contributed by atoms with van der Waals surface area (Å²) in [5, 5.41) is 8.88. The smallest absolute Gasteiger partial charge is 0.304 e. The predicted molar refractivity (Wildman–Crippen MR) is 61.6 cm³/mol. The van der Waals surface area contributed by atoms with Crippen LogP contribution in [0.15, 0.2) is 18.2 Å². The number of hydrogen-bond acceptors (Lipinski definition) is 3. The number of methoxy groups -OCH3 is 1. The van der Waals surface area contributed by atoms with Gasteiger partial charge in [0.15, 0.2) is 0 Å². The van der Waals surface area contributed by atoms with Crippen LogP contribution in [0.4, 0.5) is 4.39 Å². The zero-order valence-corrected chi connectivity index (χ0v) is 9.87. The SMILES string of the molecule is COc1cccc(F)c1C(C)(CN)CC(=O)O. The van der Waals surface area contributed by atoms with Gasteiger partial charge in [-0.2, -0.15) is 0 Å². The molecule has 0 saturated heterocycles. The van der Waals surface area contributed by atoms with Gasteiger partial charge in [0.05, 0.1) is 13.5 Å². The lowest BCUT2D eigenvalue weighted by Crippen LogP contribution is -2.35. The fourth-order valence-electron chi connectivity index (χ4n) is 1.86. The van der Waals surface area contributed by atoms with Crippen LogP contribution in [0, 0.1) is 5.82 Å². The molecule has 0 radical (unpaired) electrons. The van der Waals surface area contributed by atoms with E-state index in [1.165, 1.54) is 19.2 Å². The van der Waals surface area contributed by atoms with E-state index in [-0.39, 0.29) is 18.5 Å². The molecule has 0 aromatic heterocycles. The maximum absolute atomic E-state index is 13.8. The highest BCUT2D eigenvalue weighted by Gasteiger charge is 2.33. The largest absolute Gasteiger partial charge is 0.496 e. The highest BCUT2D eigenvalue weighted by molar-refractivity contribution is 5.69. The molecule has 0 aliphatic rings. The van der Waals surface area contributed by atoms with Crippen molar-refractivity contribution in [2.75, 3.05) is 13.7 Å². The number of rotatable bonds is 5. The van der Waals surface area contributed by atoms with Crippen LogP contribution in [-0.4, -0.2) is 24.7 Å². The second-order valence-corrected chi connectivity index (χ2v) is 4.15. The van der Waals surface area contributed by atoms with Crippen LogP contribution in [0.1, 0.15) is 18.9 Å². The minimum atomic E-state index is -1.02. The van der Waals surface area contributed by atoms with Crippen molar-refractivity contribution in [1.82, 2.24) is 0 Å². The lowest BCUT2D eigenvalue weighted by atomic mass is 9.78. The molecule has 1 aromatic carbocycles.